The van der Waals surface area contributed by atoms with Gasteiger partial charge in [0.1, 0.15) is 10.3 Å². The van der Waals surface area contributed by atoms with Gasteiger partial charge in [0, 0.05) is 19.8 Å². The minimum atomic E-state index is -0.672. The van der Waals surface area contributed by atoms with Gasteiger partial charge in [0.15, 0.2) is 5.03 Å². The monoisotopic (exact) mass is 286 g/mol. The molecule has 8 nitrogen and oxygen atoms in total. The number of hydrogen-bond acceptors (Lipinski definition) is 3. The highest BCUT2D eigenvalue weighted by molar-refractivity contribution is 6.29. The first-order valence-corrected chi connectivity index (χ1v) is 6.04. The summed E-state index contributed by atoms with van der Waals surface area (Å²) in [5, 5.41) is 13.9. The molecule has 1 saturated heterocycles. The molecule has 0 atom stereocenters. The molecule has 19 heavy (non-hydrogen) atoms. The van der Waals surface area contributed by atoms with Crippen molar-refractivity contribution in [1.29, 1.82) is 0 Å². The van der Waals surface area contributed by atoms with Crippen molar-refractivity contribution in [3.05, 3.63) is 33.1 Å². The lowest BCUT2D eigenvalue weighted by atomic mass is 10.3. The maximum atomic E-state index is 10.6. The van der Waals surface area contributed by atoms with Crippen molar-refractivity contribution < 1.29 is 5.03 Å². The first-order chi connectivity index (χ1) is 8.95. The number of nitrogens with one attached hydrogen (secondary N) is 1. The van der Waals surface area contributed by atoms with Crippen LogP contribution in [0.1, 0.15) is 5.56 Å². The van der Waals surface area contributed by atoms with E-state index in [1.165, 1.54) is 0 Å². The second-order valence-electron chi connectivity index (χ2n) is 4.53. The molecule has 0 amide bonds. The van der Waals surface area contributed by atoms with Gasteiger partial charge >= 0.3 is 0 Å². The predicted molar refractivity (Wildman–Crippen MR) is 71.0 cm³/mol. The van der Waals surface area contributed by atoms with Crippen LogP contribution in [0, 0.1) is 10.1 Å². The Morgan fingerprint density at radius 2 is 2.26 bits per heavy atom. The summed E-state index contributed by atoms with van der Waals surface area (Å²) >= 11 is 5.82. The van der Waals surface area contributed by atoms with Crippen LogP contribution in [0.15, 0.2) is 17.4 Å². The Balaban J connectivity index is 2.20. The maximum Gasteiger partial charge on any atom is 0.276 e. The Morgan fingerprint density at radius 1 is 1.53 bits per heavy atom. The first kappa shape index (κ1) is 13.6. The summed E-state index contributed by atoms with van der Waals surface area (Å²) in [5.74, 6) is 0.348. The number of rotatable bonds is 3. The van der Waals surface area contributed by atoms with Gasteiger partial charge in [0.25, 0.3) is 5.96 Å². The highest BCUT2D eigenvalue weighted by Crippen LogP contribution is 2.15. The molecule has 1 aromatic heterocycles. The van der Waals surface area contributed by atoms with Crippen LogP contribution in [-0.2, 0) is 6.54 Å². The van der Waals surface area contributed by atoms with E-state index in [2.05, 4.69) is 10.1 Å². The Morgan fingerprint density at radius 3 is 2.84 bits per heavy atom. The second kappa shape index (κ2) is 5.45. The summed E-state index contributed by atoms with van der Waals surface area (Å²) in [6.07, 6.45) is 1.78. The zero-order valence-corrected chi connectivity index (χ0v) is 11.5. The molecule has 0 unspecified atom stereocenters. The third-order valence-corrected chi connectivity index (χ3v) is 2.96. The molecule has 0 saturated carbocycles. The smallest absolute Gasteiger partial charge is 0.276 e. The van der Waals surface area contributed by atoms with Crippen LogP contribution in [0.25, 0.3) is 0 Å². The standard InChI is InChI=1S/C10H15ClN6O2/c1-14-6-15(2)10(13-17(18)19)16(7-14)5-8-3-9(11)12-4-8/h3-4,12H,5-7H2,1-2H3. The number of aromatic nitrogens is 1. The predicted octanol–water partition coefficient (Wildman–Crippen LogP) is 0.810. The molecule has 104 valence electrons. The van der Waals surface area contributed by atoms with Crippen LogP contribution in [0.4, 0.5) is 0 Å². The zero-order valence-electron chi connectivity index (χ0n) is 10.7. The summed E-state index contributed by atoms with van der Waals surface area (Å²) in [4.78, 5) is 19.1. The van der Waals surface area contributed by atoms with E-state index in [0.717, 1.165) is 5.56 Å². The molecule has 1 N–H and O–H groups in total. The molecule has 1 aliphatic rings. The summed E-state index contributed by atoms with van der Waals surface area (Å²) in [6.45, 7) is 1.67. The SMILES string of the molecule is CN1CN(C)C(=N[N+](=O)[O-])N(Cc2c[nH]c(Cl)c2)C1. The highest BCUT2D eigenvalue weighted by Gasteiger charge is 2.27. The largest absolute Gasteiger partial charge is 0.352 e. The lowest BCUT2D eigenvalue weighted by Gasteiger charge is -2.40. The van der Waals surface area contributed by atoms with Crippen molar-refractivity contribution in [1.82, 2.24) is 19.7 Å². The van der Waals surface area contributed by atoms with Crippen molar-refractivity contribution in [3.8, 4) is 0 Å². The summed E-state index contributed by atoms with van der Waals surface area (Å²) in [5.41, 5.74) is 0.949. The molecule has 0 aliphatic carbocycles. The normalized spacial score (nSPS) is 19.2. The van der Waals surface area contributed by atoms with Crippen LogP contribution in [0.2, 0.25) is 5.15 Å². The molecule has 1 aromatic rings. The minimum Gasteiger partial charge on any atom is -0.352 e. The van der Waals surface area contributed by atoms with E-state index in [-0.39, 0.29) is 0 Å². The molecule has 2 heterocycles. The molecule has 0 aromatic carbocycles. The molecule has 1 fully saturated rings. The summed E-state index contributed by atoms with van der Waals surface area (Å²) in [6, 6.07) is 1.79. The summed E-state index contributed by atoms with van der Waals surface area (Å²) in [7, 11) is 3.71. The maximum absolute atomic E-state index is 10.6. The van der Waals surface area contributed by atoms with Gasteiger partial charge in [-0.2, -0.15) is 0 Å². The van der Waals surface area contributed by atoms with Gasteiger partial charge in [-0.05, 0) is 18.7 Å². The van der Waals surface area contributed by atoms with Crippen LogP contribution in [0.3, 0.4) is 0 Å². The van der Waals surface area contributed by atoms with Crippen molar-refractivity contribution in [2.45, 2.75) is 6.54 Å². The molecule has 1 aliphatic heterocycles. The third-order valence-electron chi connectivity index (χ3n) is 2.74. The topological polar surface area (TPSA) is 81.0 Å². The molecule has 0 radical (unpaired) electrons. The Labute approximate surface area is 115 Å². The minimum absolute atomic E-state index is 0.348. The van der Waals surface area contributed by atoms with E-state index in [1.54, 1.807) is 24.2 Å². The first-order valence-electron chi connectivity index (χ1n) is 5.66. The lowest BCUT2D eigenvalue weighted by molar-refractivity contribution is -0.486. The Hall–Kier alpha value is -1.80. The molecule has 2 rings (SSSR count). The molecule has 9 heteroatoms. The molecular weight excluding hydrogens is 272 g/mol. The lowest BCUT2D eigenvalue weighted by Crippen LogP contribution is -2.55. The van der Waals surface area contributed by atoms with Crippen LogP contribution < -0.4 is 0 Å². The fraction of sp³-hybridized carbons (Fsp3) is 0.500. The zero-order chi connectivity index (χ0) is 14.0. The number of nitrogens with zero attached hydrogens (tertiary/aromatic N) is 5. The number of nitro groups is 1. The summed E-state index contributed by atoms with van der Waals surface area (Å²) < 4.78 is 0. The van der Waals surface area contributed by atoms with Crippen molar-refractivity contribution in [3.63, 3.8) is 0 Å². The van der Waals surface area contributed by atoms with Gasteiger partial charge in [-0.15, -0.1) is 0 Å². The fourth-order valence-corrected chi connectivity index (χ4v) is 2.31. The molecule has 0 bridgehead atoms. The van der Waals surface area contributed by atoms with Gasteiger partial charge in [-0.1, -0.05) is 11.6 Å². The quantitative estimate of drug-likeness (QED) is 0.657. The second-order valence-corrected chi connectivity index (χ2v) is 4.94. The number of guanidine groups is 1. The molecule has 0 spiro atoms. The average Bonchev–Trinajstić information content (AvgIpc) is 2.69. The van der Waals surface area contributed by atoms with Crippen molar-refractivity contribution in [2.24, 2.45) is 5.10 Å². The van der Waals surface area contributed by atoms with E-state index in [9.17, 15) is 10.1 Å². The van der Waals surface area contributed by atoms with Crippen LogP contribution >= 0.6 is 11.6 Å². The average molecular weight is 287 g/mol. The number of hydrazone groups is 1. The van der Waals surface area contributed by atoms with Crippen LogP contribution in [0.5, 0.6) is 0 Å². The van der Waals surface area contributed by atoms with Crippen molar-refractivity contribution >= 4 is 17.6 Å². The van der Waals surface area contributed by atoms with Gasteiger partial charge < -0.3 is 14.8 Å². The number of hydrogen-bond donors (Lipinski definition) is 1. The van der Waals surface area contributed by atoms with E-state index in [0.29, 0.717) is 31.0 Å². The van der Waals surface area contributed by atoms with E-state index in [1.807, 2.05) is 16.8 Å². The van der Waals surface area contributed by atoms with Gasteiger partial charge in [0.2, 0.25) is 0 Å². The van der Waals surface area contributed by atoms with Crippen LogP contribution in [-0.4, -0.2) is 58.1 Å². The van der Waals surface area contributed by atoms with Gasteiger partial charge in [-0.25, -0.2) is 10.1 Å². The number of H-pyrrole nitrogens is 1. The van der Waals surface area contributed by atoms with Crippen molar-refractivity contribution in [2.75, 3.05) is 27.4 Å². The third kappa shape index (κ3) is 3.36. The fourth-order valence-electron chi connectivity index (χ4n) is 2.12. The van der Waals surface area contributed by atoms with E-state index in [4.69, 9.17) is 11.6 Å². The van der Waals surface area contributed by atoms with E-state index < -0.39 is 5.03 Å². The van der Waals surface area contributed by atoms with E-state index >= 15 is 0 Å². The number of halogens is 1. The number of aromatic amines is 1. The van der Waals surface area contributed by atoms with Gasteiger partial charge in [-0.3, -0.25) is 4.90 Å². The highest BCUT2D eigenvalue weighted by atomic mass is 35.5. The Bertz CT molecular complexity index is 502. The Kier molecular flexibility index (Phi) is 3.91. The molecular formula is C10H15ClN6O2. The van der Waals surface area contributed by atoms with Gasteiger partial charge in [0.05, 0.1) is 13.3 Å².